The fraction of sp³-hybridized carbons (Fsp3) is 0.750. The van der Waals surface area contributed by atoms with Gasteiger partial charge in [0.2, 0.25) is 0 Å². The largest absolute Gasteiger partial charge is 0.466 e. The summed E-state index contributed by atoms with van der Waals surface area (Å²) in [5.41, 5.74) is 0. The van der Waals surface area contributed by atoms with Gasteiger partial charge in [-0.05, 0) is 12.8 Å². The fourth-order valence-corrected chi connectivity index (χ4v) is 2.13. The van der Waals surface area contributed by atoms with Crippen LogP contribution in [-0.2, 0) is 9.53 Å². The van der Waals surface area contributed by atoms with Crippen LogP contribution in [0.5, 0.6) is 0 Å². The molecule has 0 saturated heterocycles. The second-order valence-electron chi connectivity index (χ2n) is 4.09. The van der Waals surface area contributed by atoms with Gasteiger partial charge in [-0.15, -0.1) is 0 Å². The van der Waals surface area contributed by atoms with Crippen LogP contribution < -0.4 is 0 Å². The van der Waals surface area contributed by atoms with E-state index in [9.17, 15) is 4.79 Å². The molecule has 0 aromatic carbocycles. The molecule has 0 amide bonds. The molecule has 0 heterocycles. The van der Waals surface area contributed by atoms with Gasteiger partial charge in [-0.1, -0.05) is 19.3 Å². The summed E-state index contributed by atoms with van der Waals surface area (Å²) in [6.07, 6.45) is 9.22. The van der Waals surface area contributed by atoms with Crippen molar-refractivity contribution in [2.24, 2.45) is 0 Å². The standard InChI is InChI=1S/C12H21NO3/c1-16-12(15)7-8-13(9-10-14)11-5-3-2-4-6-11/h7-8,11,14H,2-6,9-10H2,1H3. The summed E-state index contributed by atoms with van der Waals surface area (Å²) < 4.78 is 4.55. The first-order chi connectivity index (χ1) is 7.77. The summed E-state index contributed by atoms with van der Waals surface area (Å²) in [4.78, 5) is 13.1. The molecule has 1 aliphatic carbocycles. The van der Waals surface area contributed by atoms with Crippen molar-refractivity contribution in [2.75, 3.05) is 20.3 Å². The first-order valence-corrected chi connectivity index (χ1v) is 5.90. The molecule has 1 fully saturated rings. The predicted molar refractivity (Wildman–Crippen MR) is 61.8 cm³/mol. The van der Waals surface area contributed by atoms with E-state index in [-0.39, 0.29) is 12.6 Å². The van der Waals surface area contributed by atoms with Gasteiger partial charge in [0, 0.05) is 24.9 Å². The Bertz CT molecular complexity index is 234. The van der Waals surface area contributed by atoms with Gasteiger partial charge in [-0.3, -0.25) is 0 Å². The summed E-state index contributed by atoms with van der Waals surface area (Å²) >= 11 is 0. The maximum absolute atomic E-state index is 11.0. The number of hydrogen-bond acceptors (Lipinski definition) is 4. The molecule has 1 rings (SSSR count). The zero-order valence-corrected chi connectivity index (χ0v) is 9.89. The normalized spacial score (nSPS) is 17.6. The molecule has 4 nitrogen and oxygen atoms in total. The van der Waals surface area contributed by atoms with Crippen LogP contribution in [0.3, 0.4) is 0 Å². The molecule has 16 heavy (non-hydrogen) atoms. The highest BCUT2D eigenvalue weighted by Gasteiger charge is 2.18. The second kappa shape index (κ2) is 7.28. The van der Waals surface area contributed by atoms with Gasteiger partial charge in [-0.2, -0.15) is 0 Å². The number of methoxy groups -OCH3 is 1. The van der Waals surface area contributed by atoms with Gasteiger partial charge in [0.1, 0.15) is 0 Å². The summed E-state index contributed by atoms with van der Waals surface area (Å²) in [5, 5.41) is 9.00. The van der Waals surface area contributed by atoms with Crippen LogP contribution in [-0.4, -0.2) is 42.3 Å². The van der Waals surface area contributed by atoms with Crippen molar-refractivity contribution in [3.63, 3.8) is 0 Å². The quantitative estimate of drug-likeness (QED) is 0.568. The Balaban J connectivity index is 2.51. The molecule has 0 aromatic heterocycles. The van der Waals surface area contributed by atoms with E-state index in [1.807, 2.05) is 0 Å². The minimum absolute atomic E-state index is 0.113. The van der Waals surface area contributed by atoms with E-state index in [1.165, 1.54) is 32.4 Å². The molecule has 1 N–H and O–H groups in total. The van der Waals surface area contributed by atoms with E-state index in [0.29, 0.717) is 12.6 Å². The maximum Gasteiger partial charge on any atom is 0.331 e. The molecule has 1 saturated carbocycles. The number of carbonyl (C=O) groups is 1. The van der Waals surface area contributed by atoms with E-state index >= 15 is 0 Å². The summed E-state index contributed by atoms with van der Waals surface area (Å²) in [6.45, 7) is 0.695. The minimum atomic E-state index is -0.348. The Morgan fingerprint density at radius 1 is 1.44 bits per heavy atom. The molecule has 92 valence electrons. The lowest BCUT2D eigenvalue weighted by molar-refractivity contribution is -0.134. The lowest BCUT2D eigenvalue weighted by atomic mass is 9.94. The zero-order valence-electron chi connectivity index (χ0n) is 9.89. The molecule has 0 aromatic rings. The second-order valence-corrected chi connectivity index (χ2v) is 4.09. The van der Waals surface area contributed by atoms with Gasteiger partial charge in [0.25, 0.3) is 0 Å². The maximum atomic E-state index is 11.0. The Labute approximate surface area is 96.9 Å². The Morgan fingerprint density at radius 3 is 2.69 bits per heavy atom. The van der Waals surface area contributed by atoms with Crippen LogP contribution in [0, 0.1) is 0 Å². The van der Waals surface area contributed by atoms with Crippen molar-refractivity contribution in [3.05, 3.63) is 12.3 Å². The third-order valence-electron chi connectivity index (χ3n) is 3.01. The molecule has 0 atom stereocenters. The molecule has 0 unspecified atom stereocenters. The van der Waals surface area contributed by atoms with E-state index in [1.54, 1.807) is 6.20 Å². The van der Waals surface area contributed by atoms with Crippen molar-refractivity contribution in [2.45, 2.75) is 38.1 Å². The monoisotopic (exact) mass is 227 g/mol. The van der Waals surface area contributed by atoms with Crippen molar-refractivity contribution >= 4 is 5.97 Å². The van der Waals surface area contributed by atoms with Crippen molar-refractivity contribution < 1.29 is 14.6 Å². The van der Waals surface area contributed by atoms with Gasteiger partial charge >= 0.3 is 5.97 Å². The molecule has 0 bridgehead atoms. The van der Waals surface area contributed by atoms with Gasteiger partial charge < -0.3 is 14.7 Å². The number of aliphatic hydroxyl groups excluding tert-OH is 1. The predicted octanol–water partition coefficient (Wildman–Crippen LogP) is 1.30. The van der Waals surface area contributed by atoms with Gasteiger partial charge in [0.15, 0.2) is 0 Å². The van der Waals surface area contributed by atoms with Gasteiger partial charge in [0.05, 0.1) is 13.7 Å². The van der Waals surface area contributed by atoms with Crippen molar-refractivity contribution in [1.29, 1.82) is 0 Å². The van der Waals surface area contributed by atoms with Gasteiger partial charge in [-0.25, -0.2) is 4.79 Å². The number of ether oxygens (including phenoxy) is 1. The Morgan fingerprint density at radius 2 is 2.12 bits per heavy atom. The highest BCUT2D eigenvalue weighted by Crippen LogP contribution is 2.22. The molecule has 4 heteroatoms. The van der Waals surface area contributed by atoms with Crippen LogP contribution in [0.15, 0.2) is 12.3 Å². The molecule has 0 radical (unpaired) electrons. The van der Waals surface area contributed by atoms with E-state index in [4.69, 9.17) is 5.11 Å². The van der Waals surface area contributed by atoms with Crippen LogP contribution in [0.1, 0.15) is 32.1 Å². The lowest BCUT2D eigenvalue weighted by Crippen LogP contribution is -2.34. The van der Waals surface area contributed by atoms with E-state index in [0.717, 1.165) is 12.8 Å². The minimum Gasteiger partial charge on any atom is -0.466 e. The topological polar surface area (TPSA) is 49.8 Å². The summed E-state index contributed by atoms with van der Waals surface area (Å²) in [7, 11) is 1.36. The van der Waals surface area contributed by atoms with Crippen LogP contribution in [0.4, 0.5) is 0 Å². The SMILES string of the molecule is COC(=O)C=CN(CCO)C1CCCCC1. The lowest BCUT2D eigenvalue weighted by Gasteiger charge is -2.32. The molecular formula is C12H21NO3. The van der Waals surface area contributed by atoms with Crippen LogP contribution in [0.25, 0.3) is 0 Å². The number of nitrogens with zero attached hydrogens (tertiary/aromatic N) is 1. The number of hydrogen-bond donors (Lipinski definition) is 1. The summed E-state index contributed by atoms with van der Waals surface area (Å²) in [6, 6.07) is 0.460. The smallest absolute Gasteiger partial charge is 0.331 e. The zero-order chi connectivity index (χ0) is 11.8. The van der Waals surface area contributed by atoms with Crippen LogP contribution >= 0.6 is 0 Å². The Kier molecular flexibility index (Phi) is 5.93. The average Bonchev–Trinajstić information content (AvgIpc) is 2.35. The number of rotatable bonds is 5. The highest BCUT2D eigenvalue weighted by atomic mass is 16.5. The van der Waals surface area contributed by atoms with Crippen molar-refractivity contribution in [3.8, 4) is 0 Å². The molecule has 1 aliphatic rings. The molecule has 0 spiro atoms. The number of esters is 1. The van der Waals surface area contributed by atoms with E-state index < -0.39 is 0 Å². The Hall–Kier alpha value is -1.03. The molecular weight excluding hydrogens is 206 g/mol. The first-order valence-electron chi connectivity index (χ1n) is 5.90. The van der Waals surface area contributed by atoms with E-state index in [2.05, 4.69) is 9.64 Å². The number of aliphatic hydroxyl groups is 1. The molecule has 0 aliphatic heterocycles. The first kappa shape index (κ1) is 13.0. The average molecular weight is 227 g/mol. The third-order valence-corrected chi connectivity index (χ3v) is 3.01. The fourth-order valence-electron chi connectivity index (χ4n) is 2.13. The van der Waals surface area contributed by atoms with Crippen molar-refractivity contribution in [1.82, 2.24) is 4.90 Å². The number of carbonyl (C=O) groups excluding carboxylic acids is 1. The highest BCUT2D eigenvalue weighted by molar-refractivity contribution is 5.81. The summed E-state index contributed by atoms with van der Waals surface area (Å²) in [5.74, 6) is -0.348. The third kappa shape index (κ3) is 4.23. The van der Waals surface area contributed by atoms with Crippen LogP contribution in [0.2, 0.25) is 0 Å².